The summed E-state index contributed by atoms with van der Waals surface area (Å²) in [7, 11) is 1.25. The van der Waals surface area contributed by atoms with E-state index in [1.807, 2.05) is 30.3 Å². The minimum atomic E-state index is -1.47. The highest BCUT2D eigenvalue weighted by Crippen LogP contribution is 2.30. The van der Waals surface area contributed by atoms with Crippen molar-refractivity contribution in [2.24, 2.45) is 4.99 Å². The Kier molecular flexibility index (Phi) is 3.66. The number of benzene rings is 1. The first-order chi connectivity index (χ1) is 9.17. The summed E-state index contributed by atoms with van der Waals surface area (Å²) in [6.45, 7) is 3.11. The molecule has 0 fully saturated rings. The van der Waals surface area contributed by atoms with Crippen molar-refractivity contribution in [3.05, 3.63) is 48.6 Å². The normalized spacial score (nSPS) is 25.4. The standard InChI is InChI=1S/C14H15NO4/c1-3-11-14(9-16,13(17)18-2)15-12(19-11)10-7-5-4-6-8-10/h3-8,11,16H,1,9H2,2H3/t11-,14-/m0/s1. The lowest BCUT2D eigenvalue weighted by atomic mass is 9.95. The first-order valence-electron chi connectivity index (χ1n) is 5.81. The second-order valence-corrected chi connectivity index (χ2v) is 4.13. The molecule has 0 saturated heterocycles. The van der Waals surface area contributed by atoms with E-state index in [9.17, 15) is 9.90 Å². The Labute approximate surface area is 111 Å². The number of hydrogen-bond acceptors (Lipinski definition) is 5. The molecule has 0 aliphatic carbocycles. The van der Waals surface area contributed by atoms with Gasteiger partial charge in [-0.15, -0.1) is 0 Å². The van der Waals surface area contributed by atoms with Crippen molar-refractivity contribution >= 4 is 11.9 Å². The van der Waals surface area contributed by atoms with Gasteiger partial charge in [0.15, 0.2) is 6.10 Å². The molecule has 2 atom stereocenters. The van der Waals surface area contributed by atoms with E-state index >= 15 is 0 Å². The van der Waals surface area contributed by atoms with E-state index in [0.29, 0.717) is 5.90 Å². The summed E-state index contributed by atoms with van der Waals surface area (Å²) in [5.41, 5.74) is -0.740. The van der Waals surface area contributed by atoms with Crippen LogP contribution in [-0.4, -0.2) is 42.3 Å². The maximum absolute atomic E-state index is 11.9. The highest BCUT2D eigenvalue weighted by atomic mass is 16.5. The van der Waals surface area contributed by atoms with Gasteiger partial charge in [-0.3, -0.25) is 0 Å². The van der Waals surface area contributed by atoms with Crippen LogP contribution in [0.5, 0.6) is 0 Å². The largest absolute Gasteiger partial charge is 0.467 e. The zero-order valence-corrected chi connectivity index (χ0v) is 10.6. The molecule has 1 heterocycles. The maximum atomic E-state index is 11.9. The zero-order valence-electron chi connectivity index (χ0n) is 10.6. The van der Waals surface area contributed by atoms with Crippen molar-refractivity contribution in [2.45, 2.75) is 11.6 Å². The van der Waals surface area contributed by atoms with Crippen LogP contribution in [0.1, 0.15) is 5.56 Å². The third-order valence-electron chi connectivity index (χ3n) is 3.03. The number of carbonyl (C=O) groups excluding carboxylic acids is 1. The van der Waals surface area contributed by atoms with E-state index in [2.05, 4.69) is 11.6 Å². The predicted molar refractivity (Wildman–Crippen MR) is 69.9 cm³/mol. The van der Waals surface area contributed by atoms with E-state index in [-0.39, 0.29) is 0 Å². The van der Waals surface area contributed by atoms with Gasteiger partial charge in [0.2, 0.25) is 11.4 Å². The number of aliphatic hydroxyl groups excluding tert-OH is 1. The summed E-state index contributed by atoms with van der Waals surface area (Å²) >= 11 is 0. The molecule has 5 heteroatoms. The Hall–Kier alpha value is -2.14. The lowest BCUT2D eigenvalue weighted by molar-refractivity contribution is -0.150. The number of nitrogens with zero attached hydrogens (tertiary/aromatic N) is 1. The molecule has 5 nitrogen and oxygen atoms in total. The third kappa shape index (κ3) is 2.13. The van der Waals surface area contributed by atoms with E-state index in [4.69, 9.17) is 9.47 Å². The Morgan fingerprint density at radius 1 is 1.58 bits per heavy atom. The third-order valence-corrected chi connectivity index (χ3v) is 3.03. The minimum Gasteiger partial charge on any atom is -0.467 e. The summed E-state index contributed by atoms with van der Waals surface area (Å²) in [6.07, 6.45) is 0.687. The van der Waals surface area contributed by atoms with Crippen molar-refractivity contribution in [2.75, 3.05) is 13.7 Å². The number of rotatable bonds is 4. The van der Waals surface area contributed by atoms with Crippen molar-refractivity contribution in [3.8, 4) is 0 Å². The van der Waals surface area contributed by atoms with Crippen LogP contribution in [0.25, 0.3) is 0 Å². The lowest BCUT2D eigenvalue weighted by Gasteiger charge is -2.24. The fraction of sp³-hybridized carbons (Fsp3) is 0.286. The maximum Gasteiger partial charge on any atom is 0.340 e. The number of ether oxygens (including phenoxy) is 2. The SMILES string of the molecule is C=C[C@@H]1OC(c2ccccc2)=N[C@]1(CO)C(=O)OC. The molecule has 0 spiro atoms. The number of esters is 1. The fourth-order valence-corrected chi connectivity index (χ4v) is 1.97. The molecular weight excluding hydrogens is 246 g/mol. The monoisotopic (exact) mass is 261 g/mol. The molecular formula is C14H15NO4. The van der Waals surface area contributed by atoms with Crippen molar-refractivity contribution in [3.63, 3.8) is 0 Å². The van der Waals surface area contributed by atoms with Gasteiger partial charge in [-0.25, -0.2) is 9.79 Å². The van der Waals surface area contributed by atoms with Crippen LogP contribution in [0.2, 0.25) is 0 Å². The average Bonchev–Trinajstić information content (AvgIpc) is 2.87. The van der Waals surface area contributed by atoms with Gasteiger partial charge in [0.25, 0.3) is 0 Å². The second-order valence-electron chi connectivity index (χ2n) is 4.13. The topological polar surface area (TPSA) is 68.1 Å². The summed E-state index contributed by atoms with van der Waals surface area (Å²) < 4.78 is 10.3. The highest BCUT2D eigenvalue weighted by molar-refractivity contribution is 5.99. The molecule has 19 heavy (non-hydrogen) atoms. The molecule has 0 bridgehead atoms. The van der Waals surface area contributed by atoms with E-state index < -0.39 is 24.2 Å². The molecule has 1 N–H and O–H groups in total. The molecule has 1 aliphatic rings. The van der Waals surface area contributed by atoms with E-state index in [1.165, 1.54) is 13.2 Å². The first kappa shape index (κ1) is 13.3. The van der Waals surface area contributed by atoms with Crippen molar-refractivity contribution in [1.82, 2.24) is 0 Å². The Bertz CT molecular complexity index is 511. The van der Waals surface area contributed by atoms with Crippen LogP contribution in [0, 0.1) is 0 Å². The molecule has 1 aliphatic heterocycles. The molecule has 0 saturated carbocycles. The second kappa shape index (κ2) is 5.24. The lowest BCUT2D eigenvalue weighted by Crippen LogP contribution is -2.48. The molecule has 0 aromatic heterocycles. The number of aliphatic hydroxyl groups is 1. The average molecular weight is 261 g/mol. The number of hydrogen-bond donors (Lipinski definition) is 1. The number of methoxy groups -OCH3 is 1. The van der Waals surface area contributed by atoms with Crippen LogP contribution in [-0.2, 0) is 14.3 Å². The number of carbonyl (C=O) groups is 1. The minimum absolute atomic E-state index is 0.296. The summed E-state index contributed by atoms with van der Waals surface area (Å²) in [5, 5.41) is 9.55. The number of aliphatic imine (C=N–C) groups is 1. The molecule has 100 valence electrons. The molecule has 1 aromatic rings. The van der Waals surface area contributed by atoms with Crippen LogP contribution in [0.15, 0.2) is 48.0 Å². The smallest absolute Gasteiger partial charge is 0.340 e. The van der Waals surface area contributed by atoms with Crippen LogP contribution >= 0.6 is 0 Å². The molecule has 0 unspecified atom stereocenters. The fourth-order valence-electron chi connectivity index (χ4n) is 1.97. The van der Waals surface area contributed by atoms with Gasteiger partial charge in [-0.1, -0.05) is 24.8 Å². The Morgan fingerprint density at radius 2 is 2.26 bits per heavy atom. The van der Waals surface area contributed by atoms with Gasteiger partial charge in [-0.05, 0) is 18.2 Å². The zero-order chi connectivity index (χ0) is 13.9. The molecule has 0 radical (unpaired) electrons. The van der Waals surface area contributed by atoms with Gasteiger partial charge in [0, 0.05) is 5.56 Å². The quantitative estimate of drug-likeness (QED) is 0.646. The van der Waals surface area contributed by atoms with Gasteiger partial charge < -0.3 is 14.6 Å². The van der Waals surface area contributed by atoms with E-state index in [1.54, 1.807) is 0 Å². The predicted octanol–water partition coefficient (Wildman–Crippen LogP) is 0.922. The highest BCUT2D eigenvalue weighted by Gasteiger charge is 2.52. The molecule has 1 aromatic carbocycles. The summed E-state index contributed by atoms with van der Waals surface area (Å²) in [6, 6.07) is 9.15. The van der Waals surface area contributed by atoms with Crippen molar-refractivity contribution in [1.29, 1.82) is 0 Å². The van der Waals surface area contributed by atoms with Gasteiger partial charge >= 0.3 is 5.97 Å². The Balaban J connectivity index is 2.45. The van der Waals surface area contributed by atoms with Crippen LogP contribution in [0.4, 0.5) is 0 Å². The first-order valence-corrected chi connectivity index (χ1v) is 5.81. The van der Waals surface area contributed by atoms with Crippen LogP contribution in [0.3, 0.4) is 0 Å². The van der Waals surface area contributed by atoms with Gasteiger partial charge in [0.1, 0.15) is 0 Å². The van der Waals surface area contributed by atoms with Crippen LogP contribution < -0.4 is 0 Å². The summed E-state index contributed by atoms with van der Waals surface area (Å²) in [5.74, 6) is -0.351. The molecule has 2 rings (SSSR count). The van der Waals surface area contributed by atoms with Crippen molar-refractivity contribution < 1.29 is 19.4 Å². The Morgan fingerprint density at radius 3 is 2.79 bits per heavy atom. The van der Waals surface area contributed by atoms with Gasteiger partial charge in [0.05, 0.1) is 13.7 Å². The van der Waals surface area contributed by atoms with Gasteiger partial charge in [-0.2, -0.15) is 0 Å². The molecule has 0 amide bonds. The van der Waals surface area contributed by atoms with E-state index in [0.717, 1.165) is 5.56 Å². The summed E-state index contributed by atoms with van der Waals surface area (Å²) in [4.78, 5) is 16.1.